The summed E-state index contributed by atoms with van der Waals surface area (Å²) in [5.74, 6) is -1.11. The number of rotatable bonds is 4. The number of aromatic nitrogens is 1. The minimum atomic E-state index is -3.56. The van der Waals surface area contributed by atoms with Gasteiger partial charge in [-0.3, -0.25) is 0 Å². The number of carbonyl (C=O) groups is 1. The van der Waals surface area contributed by atoms with Crippen LogP contribution in [0.5, 0.6) is 0 Å². The number of nitrogens with zero attached hydrogens (tertiary/aromatic N) is 2. The molecule has 2 rings (SSSR count). The first-order valence-electron chi connectivity index (χ1n) is 6.29. The van der Waals surface area contributed by atoms with Crippen LogP contribution in [0, 0.1) is 0 Å². The maximum atomic E-state index is 12.4. The predicted octanol–water partition coefficient (Wildman–Crippen LogP) is 1.55. The Morgan fingerprint density at radius 3 is 2.32 bits per heavy atom. The van der Waals surface area contributed by atoms with E-state index in [-0.39, 0.29) is 16.6 Å². The third-order valence-corrected chi connectivity index (χ3v) is 5.17. The zero-order valence-corrected chi connectivity index (χ0v) is 11.9. The van der Waals surface area contributed by atoms with Crippen LogP contribution < -0.4 is 0 Å². The van der Waals surface area contributed by atoms with Crippen molar-refractivity contribution in [2.45, 2.75) is 37.6 Å². The molecule has 0 bridgehead atoms. The summed E-state index contributed by atoms with van der Waals surface area (Å²) in [6.45, 7) is 4.66. The Morgan fingerprint density at radius 2 is 1.89 bits per heavy atom. The van der Waals surface area contributed by atoms with Gasteiger partial charge in [0.15, 0.2) is 0 Å². The number of hydrogen-bond donors (Lipinski definition) is 1. The van der Waals surface area contributed by atoms with E-state index in [0.717, 1.165) is 12.8 Å². The minimum Gasteiger partial charge on any atom is -0.477 e. The third kappa shape index (κ3) is 2.52. The van der Waals surface area contributed by atoms with Crippen molar-refractivity contribution >= 4 is 16.0 Å². The normalized spacial score (nSPS) is 17.2. The molecule has 0 amide bonds. The van der Waals surface area contributed by atoms with Crippen molar-refractivity contribution in [3.05, 3.63) is 18.0 Å². The van der Waals surface area contributed by atoms with Crippen LogP contribution in [0.3, 0.4) is 0 Å². The first-order valence-corrected chi connectivity index (χ1v) is 7.73. The summed E-state index contributed by atoms with van der Waals surface area (Å²) in [6, 6.07) is 1.14. The van der Waals surface area contributed by atoms with Gasteiger partial charge in [-0.2, -0.15) is 4.31 Å². The molecule has 0 unspecified atom stereocenters. The van der Waals surface area contributed by atoms with E-state index in [0.29, 0.717) is 13.1 Å². The van der Waals surface area contributed by atoms with Gasteiger partial charge in [0, 0.05) is 25.3 Å². The summed E-state index contributed by atoms with van der Waals surface area (Å²) in [4.78, 5) is 11.2. The standard InChI is InChI=1S/C12H18N2O4S/c1-9(2)14-8-10(7-11(14)12(15)16)19(17,18)13-5-3-4-6-13/h7-9H,3-6H2,1-2H3,(H,15,16). The molecule has 1 aromatic heterocycles. The topological polar surface area (TPSA) is 79.6 Å². The summed E-state index contributed by atoms with van der Waals surface area (Å²) in [5, 5.41) is 9.13. The van der Waals surface area contributed by atoms with Crippen molar-refractivity contribution in [1.82, 2.24) is 8.87 Å². The quantitative estimate of drug-likeness (QED) is 0.910. The van der Waals surface area contributed by atoms with Crippen molar-refractivity contribution in [3.63, 3.8) is 0 Å². The molecule has 7 heteroatoms. The van der Waals surface area contributed by atoms with E-state index in [9.17, 15) is 13.2 Å². The Hall–Kier alpha value is -1.34. The average Bonchev–Trinajstić information content (AvgIpc) is 2.99. The molecule has 1 aliphatic rings. The third-order valence-electron chi connectivity index (χ3n) is 3.30. The highest BCUT2D eigenvalue weighted by molar-refractivity contribution is 7.89. The summed E-state index contributed by atoms with van der Waals surface area (Å²) in [6.07, 6.45) is 3.13. The highest BCUT2D eigenvalue weighted by Crippen LogP contribution is 2.24. The molecule has 6 nitrogen and oxygen atoms in total. The van der Waals surface area contributed by atoms with Gasteiger partial charge in [-0.25, -0.2) is 13.2 Å². The van der Waals surface area contributed by atoms with Crippen LogP contribution in [-0.4, -0.2) is 41.5 Å². The Labute approximate surface area is 112 Å². The molecule has 0 spiro atoms. The smallest absolute Gasteiger partial charge is 0.352 e. The average molecular weight is 286 g/mol. The van der Waals surface area contributed by atoms with Crippen molar-refractivity contribution in [3.8, 4) is 0 Å². The molecular weight excluding hydrogens is 268 g/mol. The first-order chi connectivity index (χ1) is 8.84. The van der Waals surface area contributed by atoms with Gasteiger partial charge in [0.25, 0.3) is 0 Å². The molecular formula is C12H18N2O4S. The SMILES string of the molecule is CC(C)n1cc(S(=O)(=O)N2CCCC2)cc1C(=O)O. The number of aromatic carboxylic acids is 1. The van der Waals surface area contributed by atoms with Crippen LogP contribution in [0.25, 0.3) is 0 Å². The van der Waals surface area contributed by atoms with Gasteiger partial charge in [0.2, 0.25) is 10.0 Å². The molecule has 0 radical (unpaired) electrons. The van der Waals surface area contributed by atoms with E-state index < -0.39 is 16.0 Å². The van der Waals surface area contributed by atoms with Crippen molar-refractivity contribution in [2.24, 2.45) is 0 Å². The van der Waals surface area contributed by atoms with E-state index in [1.807, 2.05) is 13.8 Å². The molecule has 1 aromatic rings. The monoisotopic (exact) mass is 286 g/mol. The second-order valence-electron chi connectivity index (χ2n) is 4.98. The zero-order valence-electron chi connectivity index (χ0n) is 11.0. The van der Waals surface area contributed by atoms with E-state index in [1.54, 1.807) is 0 Å². The Bertz CT molecular complexity index is 583. The van der Waals surface area contributed by atoms with Gasteiger partial charge in [-0.05, 0) is 32.8 Å². The predicted molar refractivity (Wildman–Crippen MR) is 69.8 cm³/mol. The van der Waals surface area contributed by atoms with Crippen LogP contribution in [0.15, 0.2) is 17.2 Å². The molecule has 19 heavy (non-hydrogen) atoms. The van der Waals surface area contributed by atoms with Crippen molar-refractivity contribution < 1.29 is 18.3 Å². The largest absolute Gasteiger partial charge is 0.477 e. The van der Waals surface area contributed by atoms with Gasteiger partial charge in [-0.15, -0.1) is 0 Å². The molecule has 0 saturated carbocycles. The first kappa shape index (κ1) is 14.1. The molecule has 1 aliphatic heterocycles. The number of carboxylic acid groups (broad SMARTS) is 1. The lowest BCUT2D eigenvalue weighted by Gasteiger charge is -2.14. The molecule has 1 N–H and O–H groups in total. The molecule has 1 fully saturated rings. The second-order valence-corrected chi connectivity index (χ2v) is 6.92. The van der Waals surface area contributed by atoms with E-state index >= 15 is 0 Å². The Morgan fingerprint density at radius 1 is 1.32 bits per heavy atom. The fourth-order valence-corrected chi connectivity index (χ4v) is 3.82. The zero-order chi connectivity index (χ0) is 14.2. The highest BCUT2D eigenvalue weighted by Gasteiger charge is 2.30. The maximum Gasteiger partial charge on any atom is 0.352 e. The van der Waals surface area contributed by atoms with Crippen LogP contribution in [0.4, 0.5) is 0 Å². The number of carboxylic acids is 1. The summed E-state index contributed by atoms with van der Waals surface area (Å²) in [5.41, 5.74) is 0.00720. The second kappa shape index (κ2) is 4.97. The lowest BCUT2D eigenvalue weighted by atomic mass is 10.3. The van der Waals surface area contributed by atoms with Crippen molar-refractivity contribution in [2.75, 3.05) is 13.1 Å². The van der Waals surface area contributed by atoms with E-state index in [2.05, 4.69) is 0 Å². The highest BCUT2D eigenvalue weighted by atomic mass is 32.2. The molecule has 106 valence electrons. The van der Waals surface area contributed by atoms with Gasteiger partial charge in [-0.1, -0.05) is 0 Å². The molecule has 0 atom stereocenters. The minimum absolute atomic E-state index is 0.00720. The molecule has 1 saturated heterocycles. The lowest BCUT2D eigenvalue weighted by molar-refractivity contribution is 0.0683. The van der Waals surface area contributed by atoms with Crippen molar-refractivity contribution in [1.29, 1.82) is 0 Å². The Kier molecular flexibility index (Phi) is 3.69. The van der Waals surface area contributed by atoms with Crippen LogP contribution >= 0.6 is 0 Å². The molecule has 2 heterocycles. The van der Waals surface area contributed by atoms with Gasteiger partial charge >= 0.3 is 5.97 Å². The van der Waals surface area contributed by atoms with Crippen LogP contribution in [0.1, 0.15) is 43.2 Å². The van der Waals surface area contributed by atoms with Gasteiger partial charge < -0.3 is 9.67 Å². The van der Waals surface area contributed by atoms with E-state index in [4.69, 9.17) is 5.11 Å². The lowest BCUT2D eigenvalue weighted by Crippen LogP contribution is -2.27. The fraction of sp³-hybridized carbons (Fsp3) is 0.583. The summed E-state index contributed by atoms with van der Waals surface area (Å²) in [7, 11) is -3.56. The van der Waals surface area contributed by atoms with Gasteiger partial charge in [0.05, 0.1) is 0 Å². The maximum absolute atomic E-state index is 12.4. The number of sulfonamides is 1. The van der Waals surface area contributed by atoms with Crippen LogP contribution in [-0.2, 0) is 10.0 Å². The molecule has 0 aromatic carbocycles. The van der Waals surface area contributed by atoms with Crippen LogP contribution in [0.2, 0.25) is 0 Å². The summed E-state index contributed by atoms with van der Waals surface area (Å²) >= 11 is 0. The fourth-order valence-electron chi connectivity index (χ4n) is 2.27. The number of hydrogen-bond acceptors (Lipinski definition) is 3. The van der Waals surface area contributed by atoms with Gasteiger partial charge in [0.1, 0.15) is 10.6 Å². The van der Waals surface area contributed by atoms with E-state index in [1.165, 1.54) is 21.1 Å². The molecule has 0 aliphatic carbocycles. The summed E-state index contributed by atoms with van der Waals surface area (Å²) < 4.78 is 27.6. The Balaban J connectivity index is 2.45.